The second kappa shape index (κ2) is 6.42. The minimum Gasteiger partial charge on any atom is -0.317 e. The van der Waals surface area contributed by atoms with E-state index in [1.54, 1.807) is 0 Å². The fraction of sp³-hybridized carbons (Fsp3) is 0.600. The van der Waals surface area contributed by atoms with Gasteiger partial charge < -0.3 is 5.32 Å². The highest BCUT2D eigenvalue weighted by Crippen LogP contribution is 2.27. The van der Waals surface area contributed by atoms with E-state index in [1.165, 1.54) is 37.7 Å². The van der Waals surface area contributed by atoms with Crippen LogP contribution in [0.2, 0.25) is 5.02 Å². The molecule has 1 aliphatic rings. The molecule has 0 bridgehead atoms. The van der Waals surface area contributed by atoms with Gasteiger partial charge in [0.25, 0.3) is 0 Å². The molecule has 0 heterocycles. The van der Waals surface area contributed by atoms with Gasteiger partial charge in [0, 0.05) is 11.1 Å². The second-order valence-electron chi connectivity index (χ2n) is 5.13. The number of halogens is 1. The fourth-order valence-electron chi connectivity index (χ4n) is 2.98. The van der Waals surface area contributed by atoms with Crippen LogP contribution in [-0.2, 0) is 6.42 Å². The van der Waals surface area contributed by atoms with E-state index >= 15 is 0 Å². The van der Waals surface area contributed by atoms with E-state index in [-0.39, 0.29) is 0 Å². The Bertz CT molecular complexity index is 351. The fourth-order valence-corrected chi connectivity index (χ4v) is 3.19. The molecule has 2 heteroatoms. The maximum Gasteiger partial charge on any atom is 0.0408 e. The van der Waals surface area contributed by atoms with Crippen molar-refractivity contribution < 1.29 is 0 Å². The Morgan fingerprint density at radius 1 is 1.24 bits per heavy atom. The van der Waals surface area contributed by atoms with Crippen molar-refractivity contribution in [3.05, 3.63) is 34.9 Å². The molecule has 1 aromatic rings. The summed E-state index contributed by atoms with van der Waals surface area (Å²) in [6, 6.07) is 9.00. The number of hydrogen-bond donors (Lipinski definition) is 1. The monoisotopic (exact) mass is 251 g/mol. The van der Waals surface area contributed by atoms with Gasteiger partial charge in [0.15, 0.2) is 0 Å². The van der Waals surface area contributed by atoms with Gasteiger partial charge in [0.1, 0.15) is 0 Å². The molecule has 0 amide bonds. The van der Waals surface area contributed by atoms with Crippen LogP contribution < -0.4 is 5.32 Å². The Labute approximate surface area is 110 Å². The van der Waals surface area contributed by atoms with Crippen molar-refractivity contribution in [1.82, 2.24) is 5.32 Å². The van der Waals surface area contributed by atoms with Crippen molar-refractivity contribution in [3.63, 3.8) is 0 Å². The summed E-state index contributed by atoms with van der Waals surface area (Å²) in [5.74, 6) is 0.765. The minimum absolute atomic E-state index is 0.677. The molecule has 0 aromatic heterocycles. The van der Waals surface area contributed by atoms with Crippen molar-refractivity contribution in [2.24, 2.45) is 5.92 Å². The Morgan fingerprint density at radius 3 is 2.82 bits per heavy atom. The van der Waals surface area contributed by atoms with Gasteiger partial charge in [-0.1, -0.05) is 43.0 Å². The molecular weight excluding hydrogens is 230 g/mol. The van der Waals surface area contributed by atoms with Crippen molar-refractivity contribution in [2.75, 3.05) is 7.05 Å². The molecule has 1 N–H and O–H groups in total. The lowest BCUT2D eigenvalue weighted by Gasteiger charge is -2.24. The second-order valence-corrected chi connectivity index (χ2v) is 5.56. The van der Waals surface area contributed by atoms with Crippen LogP contribution in [0.4, 0.5) is 0 Å². The lowest BCUT2D eigenvalue weighted by molar-refractivity contribution is 0.350. The molecule has 17 heavy (non-hydrogen) atoms. The quantitative estimate of drug-likeness (QED) is 0.800. The van der Waals surface area contributed by atoms with Crippen LogP contribution in [0.25, 0.3) is 0 Å². The SMILES string of the molecule is CNC1CCCCCC1Cc1cccc(Cl)c1. The van der Waals surface area contributed by atoms with Gasteiger partial charge in [-0.15, -0.1) is 0 Å². The zero-order valence-corrected chi connectivity index (χ0v) is 11.3. The van der Waals surface area contributed by atoms with E-state index in [1.807, 2.05) is 6.07 Å². The topological polar surface area (TPSA) is 12.0 Å². The van der Waals surface area contributed by atoms with Crippen LogP contribution in [0.15, 0.2) is 24.3 Å². The highest BCUT2D eigenvalue weighted by Gasteiger charge is 2.22. The molecule has 1 saturated carbocycles. The third-order valence-electron chi connectivity index (χ3n) is 3.92. The number of rotatable bonds is 3. The van der Waals surface area contributed by atoms with Crippen LogP contribution >= 0.6 is 11.6 Å². The summed E-state index contributed by atoms with van der Waals surface area (Å²) in [6.07, 6.45) is 7.97. The van der Waals surface area contributed by atoms with Gasteiger partial charge in [-0.25, -0.2) is 0 Å². The van der Waals surface area contributed by atoms with E-state index < -0.39 is 0 Å². The Hall–Kier alpha value is -0.530. The molecule has 0 spiro atoms. The van der Waals surface area contributed by atoms with Gasteiger partial charge in [-0.2, -0.15) is 0 Å². The Morgan fingerprint density at radius 2 is 2.06 bits per heavy atom. The van der Waals surface area contributed by atoms with Crippen LogP contribution in [0.1, 0.15) is 37.7 Å². The average molecular weight is 252 g/mol. The average Bonchev–Trinajstić information content (AvgIpc) is 2.54. The summed E-state index contributed by atoms with van der Waals surface area (Å²) in [6.45, 7) is 0. The van der Waals surface area contributed by atoms with Gasteiger partial charge in [-0.3, -0.25) is 0 Å². The number of hydrogen-bond acceptors (Lipinski definition) is 1. The lowest BCUT2D eigenvalue weighted by atomic mass is 9.88. The first-order valence-electron chi connectivity index (χ1n) is 6.71. The van der Waals surface area contributed by atoms with Crippen molar-refractivity contribution in [2.45, 2.75) is 44.6 Å². The number of benzene rings is 1. The van der Waals surface area contributed by atoms with E-state index in [2.05, 4.69) is 30.6 Å². The molecule has 94 valence electrons. The molecule has 1 aromatic carbocycles. The molecular formula is C15H22ClN. The van der Waals surface area contributed by atoms with Gasteiger partial charge in [0.05, 0.1) is 0 Å². The molecule has 0 saturated heterocycles. The van der Waals surface area contributed by atoms with E-state index in [4.69, 9.17) is 11.6 Å². The minimum atomic E-state index is 0.677. The van der Waals surface area contributed by atoms with E-state index in [0.29, 0.717) is 6.04 Å². The third kappa shape index (κ3) is 3.72. The normalized spacial score (nSPS) is 25.5. The summed E-state index contributed by atoms with van der Waals surface area (Å²) in [5, 5.41) is 4.35. The first-order valence-corrected chi connectivity index (χ1v) is 7.09. The van der Waals surface area contributed by atoms with Gasteiger partial charge >= 0.3 is 0 Å². The predicted octanol–water partition coefficient (Wildman–Crippen LogP) is 4.05. The summed E-state index contributed by atoms with van der Waals surface area (Å²) < 4.78 is 0. The summed E-state index contributed by atoms with van der Waals surface area (Å²) >= 11 is 6.05. The van der Waals surface area contributed by atoms with Crippen LogP contribution in [0.3, 0.4) is 0 Å². The highest BCUT2D eigenvalue weighted by molar-refractivity contribution is 6.30. The van der Waals surface area contributed by atoms with E-state index in [9.17, 15) is 0 Å². The van der Waals surface area contributed by atoms with Gasteiger partial charge in [0.2, 0.25) is 0 Å². The maximum absolute atomic E-state index is 6.05. The van der Waals surface area contributed by atoms with Crippen molar-refractivity contribution in [1.29, 1.82) is 0 Å². The molecule has 1 aliphatic carbocycles. The van der Waals surface area contributed by atoms with E-state index in [0.717, 1.165) is 17.4 Å². The van der Waals surface area contributed by atoms with Crippen LogP contribution in [-0.4, -0.2) is 13.1 Å². The lowest BCUT2D eigenvalue weighted by Crippen LogP contribution is -2.33. The molecule has 2 atom stereocenters. The molecule has 2 unspecified atom stereocenters. The summed E-state index contributed by atoms with van der Waals surface area (Å²) in [5.41, 5.74) is 1.38. The summed E-state index contributed by atoms with van der Waals surface area (Å²) in [4.78, 5) is 0. The molecule has 0 aliphatic heterocycles. The maximum atomic E-state index is 6.05. The Balaban J connectivity index is 2.04. The first kappa shape index (κ1) is 12.9. The zero-order chi connectivity index (χ0) is 12.1. The van der Waals surface area contributed by atoms with Gasteiger partial charge in [-0.05, 0) is 49.9 Å². The first-order chi connectivity index (χ1) is 8.29. The standard InChI is InChI=1S/C15H22ClN/c1-17-15-9-4-2-3-7-13(15)10-12-6-5-8-14(16)11-12/h5-6,8,11,13,15,17H,2-4,7,9-10H2,1H3. The summed E-state index contributed by atoms with van der Waals surface area (Å²) in [7, 11) is 2.10. The number of nitrogens with one attached hydrogen (secondary N) is 1. The largest absolute Gasteiger partial charge is 0.317 e. The molecule has 2 rings (SSSR count). The predicted molar refractivity (Wildman–Crippen MR) is 74.6 cm³/mol. The van der Waals surface area contributed by atoms with Crippen molar-refractivity contribution >= 4 is 11.6 Å². The van der Waals surface area contributed by atoms with Crippen LogP contribution in [0.5, 0.6) is 0 Å². The highest BCUT2D eigenvalue weighted by atomic mass is 35.5. The van der Waals surface area contributed by atoms with Crippen LogP contribution in [0, 0.1) is 5.92 Å². The molecule has 1 nitrogen and oxygen atoms in total. The van der Waals surface area contributed by atoms with Crippen molar-refractivity contribution in [3.8, 4) is 0 Å². The zero-order valence-electron chi connectivity index (χ0n) is 10.6. The Kier molecular flexibility index (Phi) is 4.87. The molecule has 0 radical (unpaired) electrons. The smallest absolute Gasteiger partial charge is 0.0408 e. The molecule has 1 fully saturated rings. The third-order valence-corrected chi connectivity index (χ3v) is 4.15.